The second-order valence-corrected chi connectivity index (χ2v) is 6.68. The molecule has 0 radical (unpaired) electrons. The topological polar surface area (TPSA) is 112 Å². The average molecular weight is 401 g/mol. The number of carbonyl (C=O) groups is 1. The average Bonchev–Trinajstić information content (AvgIpc) is 2.99. The number of aryl methyl sites for hydroxylation is 2. The summed E-state index contributed by atoms with van der Waals surface area (Å²) >= 11 is 0. The van der Waals surface area contributed by atoms with Crippen molar-refractivity contribution in [2.75, 3.05) is 5.43 Å². The molecule has 2 aromatic carbocycles. The van der Waals surface area contributed by atoms with Crippen molar-refractivity contribution in [1.82, 2.24) is 4.90 Å². The van der Waals surface area contributed by atoms with Gasteiger partial charge >= 0.3 is 0 Å². The Morgan fingerprint density at radius 2 is 1.93 bits per heavy atom. The predicted molar refractivity (Wildman–Crippen MR) is 113 cm³/mol. The molecule has 1 amide bonds. The number of hydrogen-bond acceptors (Lipinski definition) is 6. The van der Waals surface area contributed by atoms with Crippen LogP contribution in [0, 0.1) is 21.4 Å². The molecule has 0 aromatic heterocycles. The highest BCUT2D eigenvalue weighted by Gasteiger charge is 2.29. The Hall–Kier alpha value is -4.25. The van der Waals surface area contributed by atoms with E-state index in [2.05, 4.69) is 17.1 Å². The summed E-state index contributed by atoms with van der Waals surface area (Å²) in [7, 11) is 0. The van der Waals surface area contributed by atoms with Crippen LogP contribution in [0.5, 0.6) is 0 Å². The summed E-state index contributed by atoms with van der Waals surface area (Å²) in [6, 6.07) is 16.8. The number of rotatable bonds is 7. The fourth-order valence-corrected chi connectivity index (χ4v) is 3.18. The number of nitriles is 1. The molecule has 0 atom stereocenters. The van der Waals surface area contributed by atoms with Gasteiger partial charge in [0.15, 0.2) is 5.84 Å². The number of nitrogens with one attached hydrogen (secondary N) is 1. The maximum atomic E-state index is 11.6. The quantitative estimate of drug-likeness (QED) is 0.429. The van der Waals surface area contributed by atoms with Gasteiger partial charge in [0.2, 0.25) is 6.41 Å². The van der Waals surface area contributed by atoms with E-state index < -0.39 is 4.92 Å². The molecule has 1 aliphatic heterocycles. The van der Waals surface area contributed by atoms with Crippen molar-refractivity contribution >= 4 is 23.6 Å². The van der Waals surface area contributed by atoms with Crippen molar-refractivity contribution in [2.45, 2.75) is 19.8 Å². The van der Waals surface area contributed by atoms with Crippen LogP contribution in [0.1, 0.15) is 18.1 Å². The molecule has 0 unspecified atom stereocenters. The van der Waals surface area contributed by atoms with Crippen LogP contribution in [-0.2, 0) is 17.6 Å². The number of nitro benzene ring substituents is 1. The number of anilines is 1. The molecule has 3 rings (SSSR count). The van der Waals surface area contributed by atoms with E-state index in [1.54, 1.807) is 19.1 Å². The minimum absolute atomic E-state index is 0.124. The van der Waals surface area contributed by atoms with Crippen LogP contribution in [-0.4, -0.2) is 22.1 Å². The molecular weight excluding hydrogens is 382 g/mol. The lowest BCUT2D eigenvalue weighted by molar-refractivity contribution is -0.384. The third kappa shape index (κ3) is 4.10. The molecule has 2 aromatic rings. The molecule has 0 aliphatic carbocycles. The number of amidine groups is 1. The van der Waals surface area contributed by atoms with Gasteiger partial charge in [-0.25, -0.2) is 0 Å². The number of benzene rings is 2. The van der Waals surface area contributed by atoms with Crippen LogP contribution >= 0.6 is 0 Å². The number of carbonyl (C=O) groups excluding carboxylic acids is 1. The summed E-state index contributed by atoms with van der Waals surface area (Å²) < 4.78 is 0. The normalized spacial score (nSPS) is 14.7. The highest BCUT2D eigenvalue weighted by Crippen LogP contribution is 2.29. The maximum Gasteiger partial charge on any atom is 0.294 e. The zero-order valence-electron chi connectivity index (χ0n) is 16.3. The number of allylic oxidation sites excluding steroid dienone is 1. The van der Waals surface area contributed by atoms with Crippen LogP contribution in [0.15, 0.2) is 77.1 Å². The minimum Gasteiger partial charge on any atom is -0.278 e. The first kappa shape index (κ1) is 20.5. The molecule has 0 bridgehead atoms. The summed E-state index contributed by atoms with van der Waals surface area (Å²) in [6.07, 6.45) is 1.92. The lowest BCUT2D eigenvalue weighted by atomic mass is 10.0. The van der Waals surface area contributed by atoms with E-state index in [-0.39, 0.29) is 28.5 Å². The molecule has 8 nitrogen and oxygen atoms in total. The van der Waals surface area contributed by atoms with Crippen molar-refractivity contribution in [3.05, 3.63) is 93.2 Å². The van der Waals surface area contributed by atoms with Gasteiger partial charge in [0.05, 0.1) is 16.2 Å². The van der Waals surface area contributed by atoms with Crippen LogP contribution in [0.2, 0.25) is 0 Å². The van der Waals surface area contributed by atoms with Crippen molar-refractivity contribution in [3.8, 4) is 6.07 Å². The molecule has 8 heteroatoms. The molecule has 1 N–H and O–H groups in total. The van der Waals surface area contributed by atoms with E-state index in [0.717, 1.165) is 22.4 Å². The van der Waals surface area contributed by atoms with Crippen molar-refractivity contribution in [1.29, 1.82) is 5.26 Å². The largest absolute Gasteiger partial charge is 0.294 e. The summed E-state index contributed by atoms with van der Waals surface area (Å²) in [4.78, 5) is 23.6. The fourth-order valence-electron chi connectivity index (χ4n) is 3.18. The van der Waals surface area contributed by atoms with E-state index in [0.29, 0.717) is 18.4 Å². The van der Waals surface area contributed by atoms with E-state index in [1.807, 2.05) is 36.4 Å². The lowest BCUT2D eigenvalue weighted by Crippen LogP contribution is -2.24. The van der Waals surface area contributed by atoms with Gasteiger partial charge < -0.3 is 0 Å². The minimum atomic E-state index is -0.483. The summed E-state index contributed by atoms with van der Waals surface area (Å²) in [5, 5.41) is 24.9. The predicted octanol–water partition coefficient (Wildman–Crippen LogP) is 3.93. The Bertz CT molecular complexity index is 1110. The van der Waals surface area contributed by atoms with Crippen LogP contribution < -0.4 is 5.43 Å². The molecule has 0 saturated heterocycles. The second-order valence-electron chi connectivity index (χ2n) is 6.68. The maximum absolute atomic E-state index is 11.6. The van der Waals surface area contributed by atoms with Gasteiger partial charge in [0.1, 0.15) is 11.8 Å². The molecule has 0 fully saturated rings. The lowest BCUT2D eigenvalue weighted by Gasteiger charge is -2.13. The fraction of sp³-hybridized carbons (Fsp3) is 0.136. The Morgan fingerprint density at radius 1 is 1.23 bits per heavy atom. The van der Waals surface area contributed by atoms with E-state index in [9.17, 15) is 20.2 Å². The Kier molecular flexibility index (Phi) is 6.03. The zero-order chi connectivity index (χ0) is 21.7. The van der Waals surface area contributed by atoms with Gasteiger partial charge in [-0.3, -0.25) is 25.2 Å². The van der Waals surface area contributed by atoms with Gasteiger partial charge in [-0.15, -0.1) is 0 Å². The molecule has 0 spiro atoms. The third-order valence-electron chi connectivity index (χ3n) is 4.82. The standard InChI is InChI=1S/C22H19N5O3/c1-15-19(13-23)16(2)26(14-28)22(15)25-24-20-11-10-18(12-21(20)27(29)30)9-8-17-6-4-3-5-7-17/h3-7,10-12,14,24H,2,8-9H2,1H3/b25-22-. The van der Waals surface area contributed by atoms with Gasteiger partial charge in [0.25, 0.3) is 5.69 Å². The first-order valence-electron chi connectivity index (χ1n) is 9.16. The Balaban J connectivity index is 1.84. The first-order valence-corrected chi connectivity index (χ1v) is 9.16. The highest BCUT2D eigenvalue weighted by atomic mass is 16.6. The first-order chi connectivity index (χ1) is 14.5. The molecular formula is C22H19N5O3. The monoisotopic (exact) mass is 401 g/mol. The number of nitro groups is 1. The van der Waals surface area contributed by atoms with Gasteiger partial charge in [-0.2, -0.15) is 10.4 Å². The molecule has 1 heterocycles. The number of hydrazone groups is 1. The molecule has 1 aliphatic rings. The number of hydrogen-bond donors (Lipinski definition) is 1. The van der Waals surface area contributed by atoms with Crippen LogP contribution in [0.4, 0.5) is 11.4 Å². The van der Waals surface area contributed by atoms with Gasteiger partial charge in [-0.05, 0) is 37.0 Å². The van der Waals surface area contributed by atoms with Gasteiger partial charge in [0, 0.05) is 11.6 Å². The molecule has 150 valence electrons. The van der Waals surface area contributed by atoms with Gasteiger partial charge in [-0.1, -0.05) is 43.0 Å². The van der Waals surface area contributed by atoms with E-state index in [1.165, 1.54) is 6.07 Å². The van der Waals surface area contributed by atoms with Crippen molar-refractivity contribution in [3.63, 3.8) is 0 Å². The number of amides is 1. The second kappa shape index (κ2) is 8.84. The van der Waals surface area contributed by atoms with Crippen molar-refractivity contribution < 1.29 is 9.72 Å². The SMILES string of the molecule is C=C1C(C#N)=C(C)/C(=N/Nc2ccc(CCc3ccccc3)cc2[N+](=O)[O-])N1C=O. The zero-order valence-corrected chi connectivity index (χ0v) is 16.3. The van der Waals surface area contributed by atoms with Crippen LogP contribution in [0.3, 0.4) is 0 Å². The summed E-state index contributed by atoms with van der Waals surface area (Å²) in [5.41, 5.74) is 5.63. The van der Waals surface area contributed by atoms with E-state index in [4.69, 9.17) is 0 Å². The van der Waals surface area contributed by atoms with Crippen molar-refractivity contribution in [2.24, 2.45) is 5.10 Å². The molecule has 30 heavy (non-hydrogen) atoms. The highest BCUT2D eigenvalue weighted by molar-refractivity contribution is 6.10. The number of nitrogens with zero attached hydrogens (tertiary/aromatic N) is 4. The summed E-state index contributed by atoms with van der Waals surface area (Å²) in [5.74, 6) is 0.175. The smallest absolute Gasteiger partial charge is 0.278 e. The third-order valence-corrected chi connectivity index (χ3v) is 4.82. The van der Waals surface area contributed by atoms with E-state index >= 15 is 0 Å². The Labute approximate surface area is 173 Å². The summed E-state index contributed by atoms with van der Waals surface area (Å²) in [6.45, 7) is 5.35. The molecule has 0 saturated carbocycles. The Morgan fingerprint density at radius 3 is 2.57 bits per heavy atom. The van der Waals surface area contributed by atoms with Crippen LogP contribution in [0.25, 0.3) is 0 Å².